The number of nitrogens with two attached hydrogens (primary N) is 1. The van der Waals surface area contributed by atoms with E-state index in [-0.39, 0.29) is 11.9 Å². The van der Waals surface area contributed by atoms with Gasteiger partial charge in [-0.05, 0) is 18.6 Å². The summed E-state index contributed by atoms with van der Waals surface area (Å²) in [7, 11) is 0. The molecule has 0 aliphatic carbocycles. The van der Waals surface area contributed by atoms with Crippen LogP contribution in [-0.4, -0.2) is 21.1 Å². The van der Waals surface area contributed by atoms with E-state index in [2.05, 4.69) is 4.98 Å². The molecule has 2 rings (SSSR count). The minimum atomic E-state index is -0.433. The molecule has 3 N–H and O–H groups in total. The van der Waals surface area contributed by atoms with Gasteiger partial charge in [-0.2, -0.15) is 11.8 Å². The Morgan fingerprint density at radius 1 is 1.53 bits per heavy atom. The smallest absolute Gasteiger partial charge is 0.330 e. The van der Waals surface area contributed by atoms with Crippen molar-refractivity contribution in [1.29, 1.82) is 0 Å². The molecule has 1 unspecified atom stereocenters. The summed E-state index contributed by atoms with van der Waals surface area (Å²) in [5.41, 5.74) is 4.86. The predicted octanol–water partition coefficient (Wildman–Crippen LogP) is 0.187. The first-order valence-electron chi connectivity index (χ1n) is 4.87. The Labute approximate surface area is 90.7 Å². The molecule has 82 valence electrons. The molecule has 1 saturated heterocycles. The lowest BCUT2D eigenvalue weighted by Gasteiger charge is -2.24. The molecule has 0 spiro atoms. The van der Waals surface area contributed by atoms with E-state index in [0.29, 0.717) is 0 Å². The largest absolute Gasteiger partial charge is 0.385 e. The average molecular weight is 227 g/mol. The minimum absolute atomic E-state index is 0.119. The highest BCUT2D eigenvalue weighted by atomic mass is 32.2. The highest BCUT2D eigenvalue weighted by Gasteiger charge is 2.18. The lowest BCUT2D eigenvalue weighted by Crippen LogP contribution is -2.35. The van der Waals surface area contributed by atoms with Crippen LogP contribution >= 0.6 is 11.8 Å². The molecule has 0 bridgehead atoms. The van der Waals surface area contributed by atoms with Gasteiger partial charge in [-0.3, -0.25) is 14.3 Å². The molecule has 0 saturated carbocycles. The quantitative estimate of drug-likeness (QED) is 0.717. The van der Waals surface area contributed by atoms with E-state index in [1.54, 1.807) is 0 Å². The fourth-order valence-corrected chi connectivity index (χ4v) is 2.95. The first-order valence-corrected chi connectivity index (χ1v) is 6.03. The molecule has 1 aliphatic heterocycles. The van der Waals surface area contributed by atoms with Crippen molar-refractivity contribution in [1.82, 2.24) is 9.55 Å². The molecular weight excluding hydrogens is 214 g/mol. The molecule has 0 amide bonds. The number of aromatic nitrogens is 2. The van der Waals surface area contributed by atoms with E-state index in [0.717, 1.165) is 24.3 Å². The molecule has 1 atom stereocenters. The zero-order valence-electron chi connectivity index (χ0n) is 8.23. The second-order valence-electron chi connectivity index (χ2n) is 3.60. The zero-order valence-corrected chi connectivity index (χ0v) is 9.05. The lowest BCUT2D eigenvalue weighted by atomic mass is 10.2. The molecule has 1 aliphatic rings. The number of H-pyrrole nitrogens is 1. The molecule has 15 heavy (non-hydrogen) atoms. The Balaban J connectivity index is 2.42. The molecule has 1 fully saturated rings. The minimum Gasteiger partial charge on any atom is -0.385 e. The van der Waals surface area contributed by atoms with Crippen LogP contribution in [0.5, 0.6) is 0 Å². The summed E-state index contributed by atoms with van der Waals surface area (Å²) in [5, 5.41) is 0. The second kappa shape index (κ2) is 4.14. The molecule has 2 heterocycles. The van der Waals surface area contributed by atoms with Crippen LogP contribution in [0.4, 0.5) is 5.82 Å². The second-order valence-corrected chi connectivity index (χ2v) is 4.75. The van der Waals surface area contributed by atoms with E-state index >= 15 is 0 Å². The van der Waals surface area contributed by atoms with Crippen LogP contribution in [-0.2, 0) is 0 Å². The van der Waals surface area contributed by atoms with Gasteiger partial charge in [-0.25, -0.2) is 4.79 Å². The third-order valence-corrected chi connectivity index (χ3v) is 3.71. The lowest BCUT2D eigenvalue weighted by molar-refractivity contribution is 0.483. The summed E-state index contributed by atoms with van der Waals surface area (Å²) < 4.78 is 1.49. The summed E-state index contributed by atoms with van der Waals surface area (Å²) >= 11 is 1.81. The van der Waals surface area contributed by atoms with Crippen LogP contribution in [0.15, 0.2) is 15.7 Å². The van der Waals surface area contributed by atoms with E-state index in [9.17, 15) is 9.59 Å². The summed E-state index contributed by atoms with van der Waals surface area (Å²) in [6.07, 6.45) is 2.03. The number of nitrogens with zero attached hydrogens (tertiary/aromatic N) is 1. The maximum atomic E-state index is 11.6. The van der Waals surface area contributed by atoms with Crippen LogP contribution in [0.2, 0.25) is 0 Å². The molecule has 0 aromatic carbocycles. The third-order valence-electron chi connectivity index (χ3n) is 2.51. The highest BCUT2D eigenvalue weighted by Crippen LogP contribution is 2.26. The standard InChI is InChI=1S/C9H13N3O2S/c10-7-4-8(13)11-9(14)12(7)6-2-1-3-15-5-6/h4,6H,1-3,5,10H2,(H,11,13,14). The summed E-state index contributed by atoms with van der Waals surface area (Å²) in [4.78, 5) is 24.8. The van der Waals surface area contributed by atoms with Crippen LogP contribution in [0.1, 0.15) is 18.9 Å². The SMILES string of the molecule is Nc1cc(=O)[nH]c(=O)n1C1CCCSC1. The van der Waals surface area contributed by atoms with Gasteiger partial charge in [0.15, 0.2) is 0 Å². The molecule has 6 heteroatoms. The molecule has 5 nitrogen and oxygen atoms in total. The number of aromatic amines is 1. The number of hydrogen-bond donors (Lipinski definition) is 2. The first kappa shape index (κ1) is 10.4. The van der Waals surface area contributed by atoms with E-state index in [1.807, 2.05) is 11.8 Å². The van der Waals surface area contributed by atoms with Crippen LogP contribution in [0.25, 0.3) is 0 Å². The van der Waals surface area contributed by atoms with Crippen molar-refractivity contribution in [2.24, 2.45) is 0 Å². The van der Waals surface area contributed by atoms with Crippen LogP contribution in [0.3, 0.4) is 0 Å². The van der Waals surface area contributed by atoms with Gasteiger partial charge in [0.2, 0.25) is 0 Å². The average Bonchev–Trinajstić information content (AvgIpc) is 2.17. The van der Waals surface area contributed by atoms with Crippen molar-refractivity contribution in [3.05, 3.63) is 26.9 Å². The number of hydrogen-bond acceptors (Lipinski definition) is 4. The predicted molar refractivity (Wildman–Crippen MR) is 61.3 cm³/mol. The fraction of sp³-hybridized carbons (Fsp3) is 0.556. The summed E-state index contributed by atoms with van der Waals surface area (Å²) in [5.74, 6) is 2.28. The third kappa shape index (κ3) is 2.09. The van der Waals surface area contributed by atoms with Crippen molar-refractivity contribution in [3.63, 3.8) is 0 Å². The van der Waals surface area contributed by atoms with E-state index < -0.39 is 11.2 Å². The number of rotatable bonds is 1. The summed E-state index contributed by atoms with van der Waals surface area (Å²) in [6.45, 7) is 0. The number of thioether (sulfide) groups is 1. The van der Waals surface area contributed by atoms with Crippen molar-refractivity contribution in [2.45, 2.75) is 18.9 Å². The zero-order chi connectivity index (χ0) is 10.8. The van der Waals surface area contributed by atoms with Crippen molar-refractivity contribution in [2.75, 3.05) is 17.2 Å². The Morgan fingerprint density at radius 2 is 2.33 bits per heavy atom. The topological polar surface area (TPSA) is 80.9 Å². The normalized spacial score (nSPS) is 21.5. The van der Waals surface area contributed by atoms with Crippen LogP contribution in [0, 0.1) is 0 Å². The van der Waals surface area contributed by atoms with Gasteiger partial charge >= 0.3 is 5.69 Å². The first-order chi connectivity index (χ1) is 7.18. The Kier molecular flexibility index (Phi) is 2.86. The fourth-order valence-electron chi connectivity index (χ4n) is 1.83. The molecular formula is C9H13N3O2S. The van der Waals surface area contributed by atoms with Gasteiger partial charge in [-0.15, -0.1) is 0 Å². The van der Waals surface area contributed by atoms with Gasteiger partial charge in [0.25, 0.3) is 5.56 Å². The van der Waals surface area contributed by atoms with Crippen LogP contribution < -0.4 is 17.0 Å². The van der Waals surface area contributed by atoms with E-state index in [4.69, 9.17) is 5.73 Å². The summed E-state index contributed by atoms with van der Waals surface area (Å²) in [6, 6.07) is 1.38. The maximum absolute atomic E-state index is 11.6. The number of nitrogen functional groups attached to an aromatic ring is 1. The van der Waals surface area contributed by atoms with E-state index in [1.165, 1.54) is 10.6 Å². The molecule has 1 aromatic heterocycles. The Morgan fingerprint density at radius 3 is 2.93 bits per heavy atom. The van der Waals surface area contributed by atoms with Gasteiger partial charge < -0.3 is 5.73 Å². The van der Waals surface area contributed by atoms with Gasteiger partial charge in [0, 0.05) is 17.9 Å². The van der Waals surface area contributed by atoms with Crippen molar-refractivity contribution < 1.29 is 0 Å². The Bertz CT molecular complexity index is 459. The van der Waals surface area contributed by atoms with Gasteiger partial charge in [0.05, 0.1) is 0 Å². The molecule has 1 aromatic rings. The monoisotopic (exact) mass is 227 g/mol. The number of anilines is 1. The maximum Gasteiger partial charge on any atom is 0.330 e. The van der Waals surface area contributed by atoms with Gasteiger partial charge in [0.1, 0.15) is 5.82 Å². The highest BCUT2D eigenvalue weighted by molar-refractivity contribution is 7.99. The number of nitrogens with one attached hydrogen (secondary N) is 1. The van der Waals surface area contributed by atoms with Crippen molar-refractivity contribution >= 4 is 17.6 Å². The van der Waals surface area contributed by atoms with Crippen molar-refractivity contribution in [3.8, 4) is 0 Å². The Hall–Kier alpha value is -1.17. The van der Waals surface area contributed by atoms with Gasteiger partial charge in [-0.1, -0.05) is 0 Å². The molecule has 0 radical (unpaired) electrons.